The topological polar surface area (TPSA) is 72.2 Å². The molecule has 0 bridgehead atoms. The summed E-state index contributed by atoms with van der Waals surface area (Å²) in [6, 6.07) is 0.0895. The average Bonchev–Trinajstić information content (AvgIpc) is 2.95. The zero-order chi connectivity index (χ0) is 14.8. The average molecular weight is 300 g/mol. The fourth-order valence-corrected chi connectivity index (χ4v) is 4.13. The quantitative estimate of drug-likeness (QED) is 0.906. The van der Waals surface area contributed by atoms with E-state index in [2.05, 4.69) is 30.6 Å². The molecule has 2 unspecified atom stereocenters. The third kappa shape index (κ3) is 4.31. The first-order valence-electron chi connectivity index (χ1n) is 7.14. The Kier molecular flexibility index (Phi) is 4.54. The smallest absolute Gasteiger partial charge is 0.212 e. The van der Waals surface area contributed by atoms with Gasteiger partial charge in [0.2, 0.25) is 10.0 Å². The number of rotatable bonds is 5. The van der Waals surface area contributed by atoms with Crippen LogP contribution in [0.2, 0.25) is 0 Å². The molecule has 114 valence electrons. The lowest BCUT2D eigenvalue weighted by atomic mass is 9.80. The Morgan fingerprint density at radius 1 is 1.40 bits per heavy atom. The molecule has 1 fully saturated rings. The van der Waals surface area contributed by atoms with E-state index in [0.29, 0.717) is 12.3 Å². The molecular formula is C14H24N2O3S. The van der Waals surface area contributed by atoms with Gasteiger partial charge >= 0.3 is 0 Å². The fourth-order valence-electron chi connectivity index (χ4n) is 2.79. The van der Waals surface area contributed by atoms with Crippen LogP contribution in [0.5, 0.6) is 0 Å². The number of hydrogen-bond acceptors (Lipinski definition) is 4. The Bertz CT molecular complexity index is 517. The molecule has 1 heterocycles. The number of aryl methyl sites for hydroxylation is 1. The molecule has 2 atom stereocenters. The highest BCUT2D eigenvalue weighted by Crippen LogP contribution is 2.39. The molecule has 1 aliphatic carbocycles. The summed E-state index contributed by atoms with van der Waals surface area (Å²) < 4.78 is 31.7. The van der Waals surface area contributed by atoms with Crippen molar-refractivity contribution < 1.29 is 12.9 Å². The molecule has 1 aliphatic rings. The maximum Gasteiger partial charge on any atom is 0.212 e. The van der Waals surface area contributed by atoms with Crippen LogP contribution in [-0.2, 0) is 16.4 Å². The lowest BCUT2D eigenvalue weighted by Gasteiger charge is -2.27. The highest BCUT2D eigenvalue weighted by atomic mass is 32.2. The summed E-state index contributed by atoms with van der Waals surface area (Å²) in [7, 11) is -3.23. The molecular weight excluding hydrogens is 276 g/mol. The van der Waals surface area contributed by atoms with Gasteiger partial charge in [0.05, 0.1) is 11.9 Å². The van der Waals surface area contributed by atoms with Gasteiger partial charge in [0, 0.05) is 11.6 Å². The van der Waals surface area contributed by atoms with E-state index in [1.807, 2.05) is 0 Å². The van der Waals surface area contributed by atoms with Crippen molar-refractivity contribution >= 4 is 10.0 Å². The molecule has 0 saturated heterocycles. The third-order valence-electron chi connectivity index (χ3n) is 4.15. The van der Waals surface area contributed by atoms with Gasteiger partial charge in [0.25, 0.3) is 0 Å². The Morgan fingerprint density at radius 3 is 2.70 bits per heavy atom. The normalized spacial score (nSPS) is 24.1. The van der Waals surface area contributed by atoms with Crippen LogP contribution in [0.15, 0.2) is 17.0 Å². The number of nitrogens with one attached hydrogen (secondary N) is 1. The van der Waals surface area contributed by atoms with Crippen molar-refractivity contribution in [2.75, 3.05) is 5.75 Å². The predicted molar refractivity (Wildman–Crippen MR) is 77.7 cm³/mol. The van der Waals surface area contributed by atoms with Gasteiger partial charge in [-0.1, -0.05) is 25.9 Å². The van der Waals surface area contributed by atoms with Crippen LogP contribution in [0, 0.1) is 11.3 Å². The summed E-state index contributed by atoms with van der Waals surface area (Å²) in [5.74, 6) is 0.679. The van der Waals surface area contributed by atoms with E-state index in [1.54, 1.807) is 6.20 Å². The van der Waals surface area contributed by atoms with E-state index >= 15 is 0 Å². The largest absolute Gasteiger partial charge is 0.364 e. The molecule has 0 amide bonds. The molecule has 0 aromatic carbocycles. The van der Waals surface area contributed by atoms with Gasteiger partial charge in [-0.3, -0.25) is 0 Å². The SMILES string of the molecule is CC(C)(C)C1CCC(NS(=O)(=O)CCc2cnoc2)C1. The van der Waals surface area contributed by atoms with Crippen LogP contribution >= 0.6 is 0 Å². The Labute approximate surface area is 121 Å². The molecule has 5 nitrogen and oxygen atoms in total. The van der Waals surface area contributed by atoms with Crippen molar-refractivity contribution in [1.29, 1.82) is 0 Å². The summed E-state index contributed by atoms with van der Waals surface area (Å²) in [4.78, 5) is 0. The summed E-state index contributed by atoms with van der Waals surface area (Å²) in [5, 5.41) is 3.57. The molecule has 0 aliphatic heterocycles. The van der Waals surface area contributed by atoms with Crippen molar-refractivity contribution in [2.45, 2.75) is 52.5 Å². The summed E-state index contributed by atoms with van der Waals surface area (Å²) >= 11 is 0. The second-order valence-electron chi connectivity index (χ2n) is 6.79. The molecule has 6 heteroatoms. The molecule has 1 aromatic rings. The van der Waals surface area contributed by atoms with E-state index in [1.165, 1.54) is 6.26 Å². The van der Waals surface area contributed by atoms with Crippen molar-refractivity contribution in [2.24, 2.45) is 11.3 Å². The minimum absolute atomic E-state index is 0.0882. The minimum atomic E-state index is -3.23. The predicted octanol–water partition coefficient (Wildman–Crippen LogP) is 2.35. The maximum absolute atomic E-state index is 12.1. The monoisotopic (exact) mass is 300 g/mol. The van der Waals surface area contributed by atoms with E-state index in [-0.39, 0.29) is 17.2 Å². The summed E-state index contributed by atoms with van der Waals surface area (Å²) in [6.07, 6.45) is 6.46. The Morgan fingerprint density at radius 2 is 2.15 bits per heavy atom. The van der Waals surface area contributed by atoms with Gasteiger partial charge in [-0.2, -0.15) is 0 Å². The van der Waals surface area contributed by atoms with Crippen LogP contribution < -0.4 is 4.72 Å². The van der Waals surface area contributed by atoms with Crippen molar-refractivity contribution in [3.8, 4) is 0 Å². The van der Waals surface area contributed by atoms with E-state index in [9.17, 15) is 8.42 Å². The Balaban J connectivity index is 1.83. The van der Waals surface area contributed by atoms with E-state index < -0.39 is 10.0 Å². The zero-order valence-corrected chi connectivity index (χ0v) is 13.2. The molecule has 1 N–H and O–H groups in total. The lowest BCUT2D eigenvalue weighted by molar-refractivity contribution is 0.243. The lowest BCUT2D eigenvalue weighted by Crippen LogP contribution is -2.35. The number of aromatic nitrogens is 1. The first-order valence-corrected chi connectivity index (χ1v) is 8.80. The van der Waals surface area contributed by atoms with Gasteiger partial charge < -0.3 is 4.52 Å². The number of sulfonamides is 1. The molecule has 2 rings (SSSR count). The van der Waals surface area contributed by atoms with Crippen LogP contribution in [0.1, 0.15) is 45.6 Å². The van der Waals surface area contributed by atoms with Gasteiger partial charge in [0.15, 0.2) is 0 Å². The van der Waals surface area contributed by atoms with Gasteiger partial charge in [0.1, 0.15) is 6.26 Å². The maximum atomic E-state index is 12.1. The third-order valence-corrected chi connectivity index (χ3v) is 5.58. The molecule has 1 aromatic heterocycles. The summed E-state index contributed by atoms with van der Waals surface area (Å²) in [6.45, 7) is 6.67. The highest BCUT2D eigenvalue weighted by molar-refractivity contribution is 7.89. The second-order valence-corrected chi connectivity index (χ2v) is 8.67. The number of nitrogens with zero attached hydrogens (tertiary/aromatic N) is 1. The van der Waals surface area contributed by atoms with Crippen LogP contribution in [0.25, 0.3) is 0 Å². The van der Waals surface area contributed by atoms with E-state index in [0.717, 1.165) is 24.8 Å². The van der Waals surface area contributed by atoms with Crippen LogP contribution in [0.4, 0.5) is 0 Å². The number of hydrogen-bond donors (Lipinski definition) is 1. The summed E-state index contributed by atoms with van der Waals surface area (Å²) in [5.41, 5.74) is 1.07. The first kappa shape index (κ1) is 15.5. The Hall–Kier alpha value is -0.880. The zero-order valence-electron chi connectivity index (χ0n) is 12.4. The fraction of sp³-hybridized carbons (Fsp3) is 0.786. The van der Waals surface area contributed by atoms with Gasteiger partial charge in [-0.25, -0.2) is 13.1 Å². The van der Waals surface area contributed by atoms with Crippen LogP contribution in [0.3, 0.4) is 0 Å². The molecule has 0 spiro atoms. The van der Waals surface area contributed by atoms with Gasteiger partial charge in [-0.05, 0) is 37.0 Å². The van der Waals surface area contributed by atoms with Gasteiger partial charge in [-0.15, -0.1) is 0 Å². The standard InChI is InChI=1S/C14H24N2O3S/c1-14(2,3)12-4-5-13(8-12)16-20(17,18)7-6-11-9-15-19-10-11/h9-10,12-13,16H,4-8H2,1-3H3. The van der Waals surface area contributed by atoms with Crippen molar-refractivity contribution in [1.82, 2.24) is 9.88 Å². The second kappa shape index (κ2) is 5.85. The molecule has 0 radical (unpaired) electrons. The first-order chi connectivity index (χ1) is 9.26. The highest BCUT2D eigenvalue weighted by Gasteiger charge is 2.34. The van der Waals surface area contributed by atoms with Crippen LogP contribution in [-0.4, -0.2) is 25.4 Å². The van der Waals surface area contributed by atoms with Crippen molar-refractivity contribution in [3.05, 3.63) is 18.0 Å². The minimum Gasteiger partial charge on any atom is -0.364 e. The molecule has 20 heavy (non-hydrogen) atoms. The molecule has 1 saturated carbocycles. The van der Waals surface area contributed by atoms with E-state index in [4.69, 9.17) is 4.52 Å². The van der Waals surface area contributed by atoms with Crippen molar-refractivity contribution in [3.63, 3.8) is 0 Å².